The SMILES string of the molecule is Cc1ncnn2c(CC(C)OCP(=O)(O)O)nnc12. The zero-order valence-electron chi connectivity index (χ0n) is 10.5. The Kier molecular flexibility index (Phi) is 3.91. The zero-order chi connectivity index (χ0) is 14.0. The molecule has 2 aromatic heterocycles. The van der Waals surface area contributed by atoms with E-state index in [4.69, 9.17) is 14.5 Å². The van der Waals surface area contributed by atoms with Gasteiger partial charge in [0.1, 0.15) is 12.7 Å². The van der Waals surface area contributed by atoms with E-state index in [1.54, 1.807) is 18.4 Å². The van der Waals surface area contributed by atoms with Crippen molar-refractivity contribution < 1.29 is 19.1 Å². The predicted molar refractivity (Wildman–Crippen MR) is 64.5 cm³/mol. The number of ether oxygens (including phenoxy) is 1. The summed E-state index contributed by atoms with van der Waals surface area (Å²) >= 11 is 0. The number of rotatable bonds is 5. The van der Waals surface area contributed by atoms with Gasteiger partial charge < -0.3 is 14.5 Å². The smallest absolute Gasteiger partial charge is 0.350 e. The van der Waals surface area contributed by atoms with Crippen LogP contribution in [0, 0.1) is 6.92 Å². The molecule has 0 radical (unpaired) electrons. The summed E-state index contributed by atoms with van der Waals surface area (Å²) < 4.78 is 17.3. The maximum Gasteiger partial charge on any atom is 0.350 e. The van der Waals surface area contributed by atoms with E-state index in [2.05, 4.69) is 20.3 Å². The van der Waals surface area contributed by atoms with E-state index in [0.29, 0.717) is 23.6 Å². The van der Waals surface area contributed by atoms with Gasteiger partial charge in [0.05, 0.1) is 11.8 Å². The average molecular weight is 287 g/mol. The second kappa shape index (κ2) is 5.30. The molecule has 1 unspecified atom stereocenters. The monoisotopic (exact) mass is 287 g/mol. The van der Waals surface area contributed by atoms with Gasteiger partial charge in [-0.25, -0.2) is 4.98 Å². The van der Waals surface area contributed by atoms with Crippen LogP contribution in [0.5, 0.6) is 0 Å². The number of aryl methyl sites for hydroxylation is 1. The Bertz CT molecular complexity index is 624. The molecule has 0 saturated carbocycles. The Morgan fingerprint density at radius 3 is 2.89 bits per heavy atom. The van der Waals surface area contributed by atoms with Crippen molar-refractivity contribution in [1.82, 2.24) is 24.8 Å². The standard InChI is InChI=1S/C9H14N5O4P/c1-6(18-5-19(15,16)17)3-8-12-13-9-7(2)10-4-11-14(8)9/h4,6H,3,5H2,1-2H3,(H2,15,16,17). The number of nitrogens with zero attached hydrogens (tertiary/aromatic N) is 5. The molecule has 10 heteroatoms. The number of hydrogen-bond donors (Lipinski definition) is 2. The van der Waals surface area contributed by atoms with Gasteiger partial charge in [-0.15, -0.1) is 10.2 Å². The lowest BCUT2D eigenvalue weighted by atomic mass is 10.3. The molecule has 2 N–H and O–H groups in total. The van der Waals surface area contributed by atoms with Gasteiger partial charge in [-0.2, -0.15) is 9.61 Å². The summed E-state index contributed by atoms with van der Waals surface area (Å²) in [6.07, 6.45) is 0.725. The van der Waals surface area contributed by atoms with Crippen molar-refractivity contribution in [2.45, 2.75) is 26.4 Å². The van der Waals surface area contributed by atoms with Crippen molar-refractivity contribution in [1.29, 1.82) is 0 Å². The zero-order valence-corrected chi connectivity index (χ0v) is 11.4. The van der Waals surface area contributed by atoms with E-state index in [0.717, 1.165) is 0 Å². The molecular formula is C9H14N5O4P. The first kappa shape index (κ1) is 14.0. The minimum Gasteiger partial charge on any atom is -0.365 e. The normalized spacial score (nSPS) is 13.9. The Hall–Kier alpha value is -1.41. The van der Waals surface area contributed by atoms with Gasteiger partial charge in [-0.1, -0.05) is 0 Å². The fourth-order valence-electron chi connectivity index (χ4n) is 1.55. The lowest BCUT2D eigenvalue weighted by molar-refractivity contribution is 0.0868. The molecule has 19 heavy (non-hydrogen) atoms. The van der Waals surface area contributed by atoms with Gasteiger partial charge in [0.25, 0.3) is 0 Å². The van der Waals surface area contributed by atoms with Crippen molar-refractivity contribution in [3.8, 4) is 0 Å². The van der Waals surface area contributed by atoms with Gasteiger partial charge in [0.2, 0.25) is 0 Å². The summed E-state index contributed by atoms with van der Waals surface area (Å²) in [5.74, 6) is 0.554. The molecule has 0 aromatic carbocycles. The lowest BCUT2D eigenvalue weighted by Crippen LogP contribution is -2.15. The molecule has 0 bridgehead atoms. The molecule has 2 heterocycles. The first-order valence-electron chi connectivity index (χ1n) is 5.55. The molecular weight excluding hydrogens is 273 g/mol. The van der Waals surface area contributed by atoms with Gasteiger partial charge in [0.15, 0.2) is 11.5 Å². The van der Waals surface area contributed by atoms with Gasteiger partial charge >= 0.3 is 7.60 Å². The summed E-state index contributed by atoms with van der Waals surface area (Å²) in [5, 5.41) is 12.0. The van der Waals surface area contributed by atoms with Gasteiger partial charge in [-0.3, -0.25) is 4.57 Å². The summed E-state index contributed by atoms with van der Waals surface area (Å²) in [6, 6.07) is 0. The Labute approximate surface area is 108 Å². The second-order valence-corrected chi connectivity index (χ2v) is 5.76. The summed E-state index contributed by atoms with van der Waals surface area (Å²) in [4.78, 5) is 21.5. The van der Waals surface area contributed by atoms with Crippen LogP contribution >= 0.6 is 7.60 Å². The summed E-state index contributed by atoms with van der Waals surface area (Å²) in [6.45, 7) is 3.49. The highest BCUT2D eigenvalue weighted by molar-refractivity contribution is 7.51. The predicted octanol–water partition coefficient (Wildman–Crippen LogP) is -0.0895. The maximum atomic E-state index is 10.7. The molecule has 104 valence electrons. The van der Waals surface area contributed by atoms with E-state index in [1.807, 2.05) is 0 Å². The molecule has 0 fully saturated rings. The third kappa shape index (κ3) is 3.54. The van der Waals surface area contributed by atoms with Crippen LogP contribution in [-0.4, -0.2) is 47.0 Å². The van der Waals surface area contributed by atoms with Crippen LogP contribution in [0.15, 0.2) is 6.33 Å². The van der Waals surface area contributed by atoms with Crippen LogP contribution < -0.4 is 0 Å². The van der Waals surface area contributed by atoms with E-state index >= 15 is 0 Å². The van der Waals surface area contributed by atoms with E-state index in [9.17, 15) is 4.57 Å². The summed E-state index contributed by atoms with van der Waals surface area (Å²) in [7, 11) is -4.16. The first-order valence-corrected chi connectivity index (χ1v) is 7.34. The Morgan fingerprint density at radius 1 is 1.47 bits per heavy atom. The van der Waals surface area contributed by atoms with Crippen LogP contribution in [0.1, 0.15) is 18.4 Å². The minimum atomic E-state index is -4.16. The molecule has 0 aliphatic rings. The number of aromatic nitrogens is 5. The lowest BCUT2D eigenvalue weighted by Gasteiger charge is -2.12. The van der Waals surface area contributed by atoms with E-state index in [-0.39, 0.29) is 0 Å². The second-order valence-electron chi connectivity index (χ2n) is 4.17. The first-order chi connectivity index (χ1) is 8.87. The van der Waals surface area contributed by atoms with Crippen LogP contribution in [0.4, 0.5) is 0 Å². The van der Waals surface area contributed by atoms with Crippen LogP contribution in [0.2, 0.25) is 0 Å². The molecule has 0 saturated heterocycles. The quantitative estimate of drug-likeness (QED) is 0.731. The number of fused-ring (bicyclic) bond motifs is 1. The molecule has 2 aromatic rings. The third-order valence-corrected chi connectivity index (χ3v) is 2.93. The molecule has 0 aliphatic heterocycles. The molecule has 2 rings (SSSR count). The van der Waals surface area contributed by atoms with Crippen molar-refractivity contribution in [2.24, 2.45) is 0 Å². The molecule has 0 spiro atoms. The van der Waals surface area contributed by atoms with Crippen molar-refractivity contribution in [3.63, 3.8) is 0 Å². The van der Waals surface area contributed by atoms with Crippen molar-refractivity contribution in [2.75, 3.05) is 6.35 Å². The fraction of sp³-hybridized carbons (Fsp3) is 0.556. The maximum absolute atomic E-state index is 10.7. The van der Waals surface area contributed by atoms with E-state index in [1.165, 1.54) is 6.33 Å². The highest BCUT2D eigenvalue weighted by Crippen LogP contribution is 2.34. The average Bonchev–Trinajstić information content (AvgIpc) is 2.71. The largest absolute Gasteiger partial charge is 0.365 e. The molecule has 0 aliphatic carbocycles. The third-order valence-electron chi connectivity index (χ3n) is 2.44. The van der Waals surface area contributed by atoms with E-state index < -0.39 is 20.0 Å². The molecule has 1 atom stereocenters. The fourth-order valence-corrected chi connectivity index (χ4v) is 2.00. The molecule has 0 amide bonds. The summed E-state index contributed by atoms with van der Waals surface area (Å²) in [5.41, 5.74) is 1.26. The Morgan fingerprint density at radius 2 is 2.21 bits per heavy atom. The van der Waals surface area contributed by atoms with Crippen LogP contribution in [0.3, 0.4) is 0 Å². The van der Waals surface area contributed by atoms with Gasteiger partial charge in [0, 0.05) is 6.42 Å². The topological polar surface area (TPSA) is 123 Å². The van der Waals surface area contributed by atoms with Crippen molar-refractivity contribution in [3.05, 3.63) is 17.8 Å². The highest BCUT2D eigenvalue weighted by Gasteiger charge is 2.18. The molecule has 9 nitrogen and oxygen atoms in total. The Balaban J connectivity index is 2.09. The highest BCUT2D eigenvalue weighted by atomic mass is 31.2. The minimum absolute atomic E-state index is 0.345. The van der Waals surface area contributed by atoms with Crippen molar-refractivity contribution >= 4 is 13.2 Å². The van der Waals surface area contributed by atoms with Crippen LogP contribution in [0.25, 0.3) is 5.65 Å². The number of hydrogen-bond acceptors (Lipinski definition) is 6. The van der Waals surface area contributed by atoms with Crippen LogP contribution in [-0.2, 0) is 15.7 Å². The van der Waals surface area contributed by atoms with Gasteiger partial charge in [-0.05, 0) is 13.8 Å².